The molecule has 0 rings (SSSR count). The molecule has 0 bridgehead atoms. The van der Waals surface area contributed by atoms with Gasteiger partial charge in [-0.25, -0.2) is 0 Å². The largest absolute Gasteiger partial charge is 0.462 e. The average molecular weight is 1030 g/mol. The van der Waals surface area contributed by atoms with E-state index in [-0.39, 0.29) is 31.1 Å². The molecule has 0 aromatic carbocycles. The highest BCUT2D eigenvalue weighted by molar-refractivity contribution is 5.71. The lowest BCUT2D eigenvalue weighted by atomic mass is 10.0. The lowest BCUT2D eigenvalue weighted by Crippen LogP contribution is -2.30. The Balaban J connectivity index is 4.15. The third-order valence-electron chi connectivity index (χ3n) is 13.3. The lowest BCUT2D eigenvalue weighted by Gasteiger charge is -2.18. The molecule has 0 aliphatic carbocycles. The Morgan fingerprint density at radius 1 is 0.284 bits per heavy atom. The SMILES string of the molecule is CC/C=C\C/C=C\C/C=C\C/C=C\C/C=C\C/C=C\CCCCCCCCC(=O)OCC(COC(=O)CCCCCCCC)OC(=O)CCCCCCCCCCCCCCC/C=C\C/C=C\CCCCCCC. The molecule has 0 saturated heterocycles. The predicted octanol–water partition coefficient (Wildman–Crippen LogP) is 21.3. The van der Waals surface area contributed by atoms with Crippen molar-refractivity contribution in [3.8, 4) is 0 Å². The van der Waals surface area contributed by atoms with Gasteiger partial charge < -0.3 is 14.2 Å². The maximum atomic E-state index is 12.8. The van der Waals surface area contributed by atoms with Crippen LogP contribution in [-0.4, -0.2) is 37.2 Å². The molecule has 0 aliphatic rings. The van der Waals surface area contributed by atoms with Crippen LogP contribution in [0.5, 0.6) is 0 Å². The highest BCUT2D eigenvalue weighted by Gasteiger charge is 2.19. The number of allylic oxidation sites excluding steroid dienone is 16. The van der Waals surface area contributed by atoms with Crippen molar-refractivity contribution >= 4 is 17.9 Å². The van der Waals surface area contributed by atoms with Gasteiger partial charge in [0.2, 0.25) is 0 Å². The lowest BCUT2D eigenvalue weighted by molar-refractivity contribution is -0.167. The molecular formula is C68H116O6. The van der Waals surface area contributed by atoms with Crippen LogP contribution in [-0.2, 0) is 28.6 Å². The fourth-order valence-electron chi connectivity index (χ4n) is 8.65. The van der Waals surface area contributed by atoms with Crippen LogP contribution in [0.1, 0.15) is 297 Å². The Bertz CT molecular complexity index is 1460. The monoisotopic (exact) mass is 1030 g/mol. The highest BCUT2D eigenvalue weighted by Crippen LogP contribution is 2.16. The van der Waals surface area contributed by atoms with E-state index in [9.17, 15) is 14.4 Å². The number of rotatable bonds is 56. The van der Waals surface area contributed by atoms with Gasteiger partial charge in [-0.2, -0.15) is 0 Å². The molecule has 6 nitrogen and oxygen atoms in total. The zero-order valence-corrected chi connectivity index (χ0v) is 48.6. The molecule has 1 atom stereocenters. The Morgan fingerprint density at radius 3 is 0.824 bits per heavy atom. The molecule has 0 N–H and O–H groups in total. The second-order valence-electron chi connectivity index (χ2n) is 20.6. The average Bonchev–Trinajstić information content (AvgIpc) is 3.40. The van der Waals surface area contributed by atoms with E-state index in [4.69, 9.17) is 14.2 Å². The maximum absolute atomic E-state index is 12.8. The number of hydrogen-bond donors (Lipinski definition) is 0. The van der Waals surface area contributed by atoms with E-state index in [0.717, 1.165) is 116 Å². The normalized spacial score (nSPS) is 12.7. The molecule has 0 aromatic rings. The minimum Gasteiger partial charge on any atom is -0.462 e. The molecule has 0 fully saturated rings. The van der Waals surface area contributed by atoms with Gasteiger partial charge in [0.1, 0.15) is 13.2 Å². The van der Waals surface area contributed by atoms with Crippen molar-refractivity contribution in [2.24, 2.45) is 0 Å². The molecule has 0 heterocycles. The van der Waals surface area contributed by atoms with Gasteiger partial charge in [-0.15, -0.1) is 0 Å². The number of esters is 3. The van der Waals surface area contributed by atoms with E-state index in [1.54, 1.807) is 0 Å². The van der Waals surface area contributed by atoms with Crippen molar-refractivity contribution in [2.45, 2.75) is 303 Å². The number of unbranched alkanes of at least 4 members (excludes halogenated alkanes) is 29. The molecule has 6 heteroatoms. The standard InChI is InChI=1S/C68H116O6/c1-4-7-10-13-16-18-20-22-24-26-28-30-32-34-36-38-40-42-44-46-48-50-52-55-58-61-67(70)73-64-65(63-72-66(69)60-57-54-15-12-9-6-3)74-68(71)62-59-56-53-51-49-47-45-43-41-39-37-35-33-31-29-27-25-23-21-19-17-14-11-8-5-2/h7,10,16,18,21-24,27-30,34,36,40,42,65H,4-6,8-9,11-15,17,19-20,25-26,31-33,35,37-39,41,43-64H2,1-3H3/b10-7-,18-16-,23-21-,24-22-,29-27-,30-28-,36-34-,42-40-. The minimum atomic E-state index is -0.782. The smallest absolute Gasteiger partial charge is 0.306 e. The van der Waals surface area contributed by atoms with Gasteiger partial charge in [-0.05, 0) is 103 Å². The van der Waals surface area contributed by atoms with Gasteiger partial charge in [-0.1, -0.05) is 272 Å². The van der Waals surface area contributed by atoms with Crippen molar-refractivity contribution in [1.82, 2.24) is 0 Å². The molecule has 0 amide bonds. The van der Waals surface area contributed by atoms with Crippen molar-refractivity contribution in [3.63, 3.8) is 0 Å². The second-order valence-corrected chi connectivity index (χ2v) is 20.6. The van der Waals surface area contributed by atoms with E-state index in [1.165, 1.54) is 141 Å². The summed E-state index contributed by atoms with van der Waals surface area (Å²) < 4.78 is 16.8. The van der Waals surface area contributed by atoms with E-state index >= 15 is 0 Å². The molecule has 0 saturated carbocycles. The third kappa shape index (κ3) is 59.2. The Hall–Kier alpha value is -3.67. The summed E-state index contributed by atoms with van der Waals surface area (Å²) in [6.07, 6.45) is 83.0. The van der Waals surface area contributed by atoms with Crippen molar-refractivity contribution in [3.05, 3.63) is 97.2 Å². The molecule has 0 radical (unpaired) electrons. The van der Waals surface area contributed by atoms with Gasteiger partial charge in [0.25, 0.3) is 0 Å². The van der Waals surface area contributed by atoms with Crippen LogP contribution >= 0.6 is 0 Å². The van der Waals surface area contributed by atoms with Crippen LogP contribution < -0.4 is 0 Å². The van der Waals surface area contributed by atoms with E-state index in [0.29, 0.717) is 19.3 Å². The Kier molecular flexibility index (Phi) is 58.8. The summed E-state index contributed by atoms with van der Waals surface area (Å²) in [6, 6.07) is 0. The van der Waals surface area contributed by atoms with Gasteiger partial charge in [0, 0.05) is 19.3 Å². The summed E-state index contributed by atoms with van der Waals surface area (Å²) in [5, 5.41) is 0. The van der Waals surface area contributed by atoms with E-state index in [2.05, 4.69) is 118 Å². The summed E-state index contributed by atoms with van der Waals surface area (Å²) in [6.45, 7) is 6.46. The molecule has 424 valence electrons. The first-order valence-electron chi connectivity index (χ1n) is 31.2. The summed E-state index contributed by atoms with van der Waals surface area (Å²) >= 11 is 0. The van der Waals surface area contributed by atoms with Gasteiger partial charge in [0.05, 0.1) is 0 Å². The highest BCUT2D eigenvalue weighted by atomic mass is 16.6. The fraction of sp³-hybridized carbons (Fsp3) is 0.721. The van der Waals surface area contributed by atoms with Crippen molar-refractivity contribution < 1.29 is 28.6 Å². The first kappa shape index (κ1) is 70.3. The Labute approximate surface area is 457 Å². The maximum Gasteiger partial charge on any atom is 0.306 e. The zero-order valence-electron chi connectivity index (χ0n) is 48.6. The van der Waals surface area contributed by atoms with Crippen molar-refractivity contribution in [2.75, 3.05) is 13.2 Å². The molecule has 0 aromatic heterocycles. The van der Waals surface area contributed by atoms with E-state index in [1.807, 2.05) is 0 Å². The number of carbonyl (C=O) groups is 3. The van der Waals surface area contributed by atoms with Crippen molar-refractivity contribution in [1.29, 1.82) is 0 Å². The van der Waals surface area contributed by atoms with Crippen LogP contribution in [0.4, 0.5) is 0 Å². The number of hydrogen-bond acceptors (Lipinski definition) is 6. The van der Waals surface area contributed by atoms with Gasteiger partial charge in [0.15, 0.2) is 6.10 Å². The van der Waals surface area contributed by atoms with E-state index < -0.39 is 6.10 Å². The minimum absolute atomic E-state index is 0.0818. The summed E-state index contributed by atoms with van der Waals surface area (Å²) in [5.41, 5.74) is 0. The molecular weight excluding hydrogens is 913 g/mol. The van der Waals surface area contributed by atoms with Crippen LogP contribution in [0.25, 0.3) is 0 Å². The Morgan fingerprint density at radius 2 is 0.527 bits per heavy atom. The van der Waals surface area contributed by atoms with Gasteiger partial charge in [-0.3, -0.25) is 14.4 Å². The molecule has 1 unspecified atom stereocenters. The van der Waals surface area contributed by atoms with Crippen LogP contribution in [0.2, 0.25) is 0 Å². The second kappa shape index (κ2) is 61.9. The van der Waals surface area contributed by atoms with Crippen LogP contribution in [0, 0.1) is 0 Å². The van der Waals surface area contributed by atoms with Crippen LogP contribution in [0.3, 0.4) is 0 Å². The fourth-order valence-corrected chi connectivity index (χ4v) is 8.65. The quantitative estimate of drug-likeness (QED) is 0.0261. The van der Waals surface area contributed by atoms with Crippen LogP contribution in [0.15, 0.2) is 97.2 Å². The molecule has 0 spiro atoms. The summed E-state index contributed by atoms with van der Waals surface area (Å²) in [5.74, 6) is -0.901. The first-order valence-corrected chi connectivity index (χ1v) is 31.2. The topological polar surface area (TPSA) is 78.9 Å². The summed E-state index contributed by atoms with van der Waals surface area (Å²) in [4.78, 5) is 38.0. The molecule has 74 heavy (non-hydrogen) atoms. The predicted molar refractivity (Wildman–Crippen MR) is 320 cm³/mol. The summed E-state index contributed by atoms with van der Waals surface area (Å²) in [7, 11) is 0. The number of ether oxygens (including phenoxy) is 3. The molecule has 0 aliphatic heterocycles. The third-order valence-corrected chi connectivity index (χ3v) is 13.3. The van der Waals surface area contributed by atoms with Gasteiger partial charge >= 0.3 is 17.9 Å². The first-order chi connectivity index (χ1) is 36.5. The zero-order chi connectivity index (χ0) is 53.6. The number of carbonyl (C=O) groups excluding carboxylic acids is 3.